The fourth-order valence-corrected chi connectivity index (χ4v) is 1.33. The van der Waals surface area contributed by atoms with Crippen molar-refractivity contribution in [1.29, 1.82) is 0 Å². The number of aliphatic carboxylic acids is 1. The van der Waals surface area contributed by atoms with Crippen molar-refractivity contribution in [3.63, 3.8) is 0 Å². The van der Waals surface area contributed by atoms with Crippen LogP contribution in [0.25, 0.3) is 0 Å². The highest BCUT2D eigenvalue weighted by Gasteiger charge is 2.21. The second-order valence-corrected chi connectivity index (χ2v) is 3.72. The lowest BCUT2D eigenvalue weighted by atomic mass is 9.85. The summed E-state index contributed by atoms with van der Waals surface area (Å²) in [5, 5.41) is 22.0. The Balaban J connectivity index is 2.18. The largest absolute Gasteiger partial charge is 0.480 e. The summed E-state index contributed by atoms with van der Waals surface area (Å²) in [6.07, 6.45) is 3.42. The summed E-state index contributed by atoms with van der Waals surface area (Å²) in [6.45, 7) is -0.0320. The number of carboxylic acid groups (broad SMARTS) is 1. The highest BCUT2D eigenvalue weighted by Crippen LogP contribution is 2.24. The maximum absolute atomic E-state index is 11.2. The van der Waals surface area contributed by atoms with Gasteiger partial charge in [-0.3, -0.25) is 0 Å². The Labute approximate surface area is 87.7 Å². The van der Waals surface area contributed by atoms with Crippen molar-refractivity contribution in [2.45, 2.75) is 25.3 Å². The van der Waals surface area contributed by atoms with Crippen LogP contribution in [0.1, 0.15) is 19.3 Å². The Morgan fingerprint density at radius 1 is 1.40 bits per heavy atom. The van der Waals surface area contributed by atoms with E-state index < -0.39 is 24.6 Å². The van der Waals surface area contributed by atoms with Crippen LogP contribution in [0.4, 0.5) is 4.79 Å². The topological polar surface area (TPSA) is 98.7 Å². The van der Waals surface area contributed by atoms with E-state index in [4.69, 9.17) is 10.2 Å². The summed E-state index contributed by atoms with van der Waals surface area (Å²) >= 11 is 0. The molecule has 0 saturated heterocycles. The van der Waals surface area contributed by atoms with Crippen LogP contribution in [0.2, 0.25) is 0 Å². The lowest BCUT2D eigenvalue weighted by molar-refractivity contribution is -0.140. The molecule has 0 bridgehead atoms. The monoisotopic (exact) mass is 216 g/mol. The van der Waals surface area contributed by atoms with Crippen molar-refractivity contribution in [3.8, 4) is 0 Å². The number of nitrogens with one attached hydrogen (secondary N) is 2. The SMILES string of the molecule is O=C(NCC1CCC1)NC(CO)C(=O)O. The van der Waals surface area contributed by atoms with Crippen molar-refractivity contribution < 1.29 is 19.8 Å². The number of carbonyl (C=O) groups excluding carboxylic acids is 1. The van der Waals surface area contributed by atoms with E-state index in [1.54, 1.807) is 0 Å². The molecule has 1 aliphatic rings. The van der Waals surface area contributed by atoms with Crippen LogP contribution >= 0.6 is 0 Å². The number of carboxylic acids is 1. The number of urea groups is 1. The van der Waals surface area contributed by atoms with Crippen LogP contribution in [0.3, 0.4) is 0 Å². The molecule has 15 heavy (non-hydrogen) atoms. The minimum absolute atomic E-state index is 0.521. The third-order valence-corrected chi connectivity index (χ3v) is 2.56. The van der Waals surface area contributed by atoms with Gasteiger partial charge in [-0.05, 0) is 18.8 Å². The number of hydrogen-bond donors (Lipinski definition) is 4. The van der Waals surface area contributed by atoms with Crippen LogP contribution in [-0.2, 0) is 4.79 Å². The van der Waals surface area contributed by atoms with E-state index in [0.717, 1.165) is 12.8 Å². The van der Waals surface area contributed by atoms with Gasteiger partial charge >= 0.3 is 12.0 Å². The number of rotatable bonds is 5. The highest BCUT2D eigenvalue weighted by atomic mass is 16.4. The lowest BCUT2D eigenvalue weighted by Gasteiger charge is -2.25. The molecule has 0 radical (unpaired) electrons. The molecule has 0 heterocycles. The van der Waals surface area contributed by atoms with Gasteiger partial charge in [-0.2, -0.15) is 0 Å². The smallest absolute Gasteiger partial charge is 0.328 e. The number of carbonyl (C=O) groups is 2. The van der Waals surface area contributed by atoms with E-state index in [9.17, 15) is 9.59 Å². The molecule has 1 atom stereocenters. The summed E-state index contributed by atoms with van der Waals surface area (Å²) in [5.74, 6) is -0.718. The van der Waals surface area contributed by atoms with E-state index in [2.05, 4.69) is 10.6 Å². The second kappa shape index (κ2) is 5.55. The van der Waals surface area contributed by atoms with Gasteiger partial charge in [-0.15, -0.1) is 0 Å². The molecule has 1 saturated carbocycles. The first kappa shape index (κ1) is 11.8. The molecule has 0 aromatic rings. The van der Waals surface area contributed by atoms with E-state index in [1.165, 1.54) is 6.42 Å². The van der Waals surface area contributed by atoms with Crippen LogP contribution in [0, 0.1) is 5.92 Å². The normalized spacial score (nSPS) is 17.7. The minimum Gasteiger partial charge on any atom is -0.480 e. The summed E-state index contributed by atoms with van der Waals surface area (Å²) in [5.41, 5.74) is 0. The number of aliphatic hydroxyl groups is 1. The maximum Gasteiger partial charge on any atom is 0.328 e. The van der Waals surface area contributed by atoms with Crippen LogP contribution < -0.4 is 10.6 Å². The zero-order valence-corrected chi connectivity index (χ0v) is 8.40. The highest BCUT2D eigenvalue weighted by molar-refractivity contribution is 5.82. The molecule has 0 aromatic carbocycles. The molecule has 1 aliphatic carbocycles. The van der Waals surface area contributed by atoms with E-state index >= 15 is 0 Å². The maximum atomic E-state index is 11.2. The molecule has 4 N–H and O–H groups in total. The molecule has 1 fully saturated rings. The van der Waals surface area contributed by atoms with Crippen LogP contribution in [0.15, 0.2) is 0 Å². The Morgan fingerprint density at radius 2 is 2.07 bits per heavy atom. The predicted molar refractivity (Wildman–Crippen MR) is 52.4 cm³/mol. The quantitative estimate of drug-likeness (QED) is 0.499. The van der Waals surface area contributed by atoms with Crippen molar-refractivity contribution in [2.24, 2.45) is 5.92 Å². The van der Waals surface area contributed by atoms with Gasteiger partial charge in [0.2, 0.25) is 0 Å². The van der Waals surface area contributed by atoms with Crippen molar-refractivity contribution >= 4 is 12.0 Å². The number of aliphatic hydroxyl groups excluding tert-OH is 1. The molecule has 0 aromatic heterocycles. The number of amides is 2. The predicted octanol–water partition coefficient (Wildman–Crippen LogP) is -0.469. The number of hydrogen-bond acceptors (Lipinski definition) is 3. The third kappa shape index (κ3) is 3.75. The van der Waals surface area contributed by atoms with Crippen LogP contribution in [0.5, 0.6) is 0 Å². The Bertz CT molecular complexity index is 240. The van der Waals surface area contributed by atoms with Gasteiger partial charge in [0.25, 0.3) is 0 Å². The van der Waals surface area contributed by atoms with E-state index in [-0.39, 0.29) is 0 Å². The Kier molecular flexibility index (Phi) is 4.36. The molecular weight excluding hydrogens is 200 g/mol. The first-order valence-electron chi connectivity index (χ1n) is 5.01. The van der Waals surface area contributed by atoms with E-state index in [0.29, 0.717) is 12.5 Å². The summed E-state index contributed by atoms with van der Waals surface area (Å²) in [4.78, 5) is 21.6. The van der Waals surface area contributed by atoms with Gasteiger partial charge in [0.1, 0.15) is 0 Å². The summed E-state index contributed by atoms with van der Waals surface area (Å²) in [7, 11) is 0. The van der Waals surface area contributed by atoms with Gasteiger partial charge in [-0.1, -0.05) is 6.42 Å². The van der Waals surface area contributed by atoms with Crippen molar-refractivity contribution in [1.82, 2.24) is 10.6 Å². The summed E-state index contributed by atoms with van der Waals surface area (Å²) < 4.78 is 0. The van der Waals surface area contributed by atoms with Gasteiger partial charge in [0.05, 0.1) is 6.61 Å². The van der Waals surface area contributed by atoms with E-state index in [1.807, 2.05) is 0 Å². The molecule has 86 valence electrons. The van der Waals surface area contributed by atoms with Gasteiger partial charge in [-0.25, -0.2) is 9.59 Å². The van der Waals surface area contributed by atoms with Gasteiger partial charge in [0.15, 0.2) is 6.04 Å². The molecule has 6 nitrogen and oxygen atoms in total. The van der Waals surface area contributed by atoms with Gasteiger partial charge < -0.3 is 20.8 Å². The van der Waals surface area contributed by atoms with Crippen molar-refractivity contribution in [2.75, 3.05) is 13.2 Å². The second-order valence-electron chi connectivity index (χ2n) is 3.72. The Morgan fingerprint density at radius 3 is 2.47 bits per heavy atom. The summed E-state index contributed by atoms with van der Waals surface area (Å²) in [6, 6.07) is -1.77. The van der Waals surface area contributed by atoms with Gasteiger partial charge in [0, 0.05) is 6.54 Å². The average molecular weight is 216 g/mol. The molecule has 6 heteroatoms. The van der Waals surface area contributed by atoms with Crippen LogP contribution in [-0.4, -0.2) is 41.4 Å². The zero-order valence-electron chi connectivity index (χ0n) is 8.40. The van der Waals surface area contributed by atoms with Crippen molar-refractivity contribution in [3.05, 3.63) is 0 Å². The molecule has 0 spiro atoms. The fraction of sp³-hybridized carbons (Fsp3) is 0.778. The molecule has 0 aliphatic heterocycles. The average Bonchev–Trinajstić information content (AvgIpc) is 2.11. The first-order chi connectivity index (χ1) is 7.13. The molecule has 1 rings (SSSR count). The lowest BCUT2D eigenvalue weighted by Crippen LogP contribution is -2.49. The fourth-order valence-electron chi connectivity index (χ4n) is 1.33. The zero-order chi connectivity index (χ0) is 11.3. The molecular formula is C9H16N2O4. The third-order valence-electron chi connectivity index (χ3n) is 2.56. The first-order valence-corrected chi connectivity index (χ1v) is 5.01. The molecule has 1 unspecified atom stereocenters. The minimum atomic E-state index is -1.24. The standard InChI is InChI=1S/C9H16N2O4/c12-5-7(8(13)14)11-9(15)10-4-6-2-1-3-6/h6-7,12H,1-5H2,(H,13,14)(H2,10,11,15). The molecule has 2 amide bonds. The Hall–Kier alpha value is -1.30.